The van der Waals surface area contributed by atoms with Gasteiger partial charge in [0.25, 0.3) is 0 Å². The SMILES string of the molecule is CCOC(CCNC(=NC)NCCCOCC1CCOCC1)C1CCCC1.I. The van der Waals surface area contributed by atoms with Crippen molar-refractivity contribution in [1.82, 2.24) is 10.6 Å². The van der Waals surface area contributed by atoms with Crippen molar-refractivity contribution in [3.05, 3.63) is 0 Å². The van der Waals surface area contributed by atoms with Gasteiger partial charge in [-0.25, -0.2) is 0 Å². The molecule has 166 valence electrons. The molecule has 28 heavy (non-hydrogen) atoms. The number of halogens is 1. The van der Waals surface area contributed by atoms with Crippen LogP contribution < -0.4 is 10.6 Å². The fraction of sp³-hybridized carbons (Fsp3) is 0.952. The van der Waals surface area contributed by atoms with Gasteiger partial charge < -0.3 is 24.8 Å². The lowest BCUT2D eigenvalue weighted by Crippen LogP contribution is -2.40. The molecule has 0 radical (unpaired) electrons. The summed E-state index contributed by atoms with van der Waals surface area (Å²) >= 11 is 0. The average molecular weight is 511 g/mol. The predicted molar refractivity (Wildman–Crippen MR) is 126 cm³/mol. The minimum absolute atomic E-state index is 0. The molecule has 1 aliphatic carbocycles. The van der Waals surface area contributed by atoms with Gasteiger partial charge in [-0.3, -0.25) is 4.99 Å². The Morgan fingerprint density at radius 2 is 1.82 bits per heavy atom. The number of nitrogens with zero attached hydrogens (tertiary/aromatic N) is 1. The Kier molecular flexibility index (Phi) is 15.4. The maximum atomic E-state index is 5.99. The van der Waals surface area contributed by atoms with E-state index in [0.717, 1.165) is 83.7 Å². The number of nitrogens with one attached hydrogen (secondary N) is 2. The van der Waals surface area contributed by atoms with Crippen LogP contribution in [-0.4, -0.2) is 65.2 Å². The Labute approximate surface area is 189 Å². The second-order valence-electron chi connectivity index (χ2n) is 7.74. The topological polar surface area (TPSA) is 64.1 Å². The summed E-state index contributed by atoms with van der Waals surface area (Å²) in [6.07, 6.45) is 10.1. The highest BCUT2D eigenvalue weighted by atomic mass is 127. The van der Waals surface area contributed by atoms with Crippen LogP contribution in [-0.2, 0) is 14.2 Å². The smallest absolute Gasteiger partial charge is 0.190 e. The van der Waals surface area contributed by atoms with E-state index in [9.17, 15) is 0 Å². The van der Waals surface area contributed by atoms with E-state index in [-0.39, 0.29) is 24.0 Å². The van der Waals surface area contributed by atoms with Crippen LogP contribution in [0.15, 0.2) is 4.99 Å². The maximum absolute atomic E-state index is 5.99. The van der Waals surface area contributed by atoms with E-state index >= 15 is 0 Å². The lowest BCUT2D eigenvalue weighted by atomic mass is 9.98. The zero-order chi connectivity index (χ0) is 19.2. The minimum Gasteiger partial charge on any atom is -0.381 e. The third kappa shape index (κ3) is 10.6. The van der Waals surface area contributed by atoms with Crippen molar-refractivity contribution in [2.45, 2.75) is 64.4 Å². The maximum Gasteiger partial charge on any atom is 0.190 e. The minimum atomic E-state index is 0. The molecule has 0 aromatic carbocycles. The largest absolute Gasteiger partial charge is 0.381 e. The summed E-state index contributed by atoms with van der Waals surface area (Å²) in [6.45, 7) is 8.14. The molecule has 1 saturated carbocycles. The van der Waals surface area contributed by atoms with Gasteiger partial charge in [0.2, 0.25) is 0 Å². The fourth-order valence-electron chi connectivity index (χ4n) is 4.10. The van der Waals surface area contributed by atoms with Crippen molar-refractivity contribution in [1.29, 1.82) is 0 Å². The molecule has 6 nitrogen and oxygen atoms in total. The summed E-state index contributed by atoms with van der Waals surface area (Å²) < 4.78 is 17.2. The molecule has 2 rings (SSSR count). The van der Waals surface area contributed by atoms with Crippen LogP contribution in [0.25, 0.3) is 0 Å². The van der Waals surface area contributed by atoms with E-state index < -0.39 is 0 Å². The molecule has 2 fully saturated rings. The van der Waals surface area contributed by atoms with Gasteiger partial charge in [-0.15, -0.1) is 24.0 Å². The Balaban J connectivity index is 0.00000392. The van der Waals surface area contributed by atoms with Crippen LogP contribution >= 0.6 is 24.0 Å². The van der Waals surface area contributed by atoms with Gasteiger partial charge in [0.05, 0.1) is 6.10 Å². The van der Waals surface area contributed by atoms with E-state index in [2.05, 4.69) is 22.5 Å². The molecule has 1 atom stereocenters. The molecule has 0 aromatic heterocycles. The first-order valence-corrected chi connectivity index (χ1v) is 11.0. The number of rotatable bonds is 12. The van der Waals surface area contributed by atoms with Gasteiger partial charge >= 0.3 is 0 Å². The lowest BCUT2D eigenvalue weighted by molar-refractivity contribution is 0.0169. The Bertz CT molecular complexity index is 400. The molecule has 2 N–H and O–H groups in total. The highest BCUT2D eigenvalue weighted by Gasteiger charge is 2.25. The van der Waals surface area contributed by atoms with Crippen molar-refractivity contribution in [2.24, 2.45) is 16.8 Å². The van der Waals surface area contributed by atoms with Crippen LogP contribution in [0.4, 0.5) is 0 Å². The second-order valence-corrected chi connectivity index (χ2v) is 7.74. The number of hydrogen-bond donors (Lipinski definition) is 2. The molecular formula is C21H42IN3O3. The molecule has 0 amide bonds. The van der Waals surface area contributed by atoms with Crippen molar-refractivity contribution in [3.8, 4) is 0 Å². The summed E-state index contributed by atoms with van der Waals surface area (Å²) in [5.41, 5.74) is 0. The van der Waals surface area contributed by atoms with Gasteiger partial charge in [0.1, 0.15) is 0 Å². The third-order valence-electron chi connectivity index (χ3n) is 5.70. The summed E-state index contributed by atoms with van der Waals surface area (Å²) in [5.74, 6) is 2.30. The van der Waals surface area contributed by atoms with Crippen molar-refractivity contribution in [2.75, 3.05) is 53.2 Å². The fourth-order valence-corrected chi connectivity index (χ4v) is 4.10. The quantitative estimate of drug-likeness (QED) is 0.182. The molecular weight excluding hydrogens is 469 g/mol. The molecule has 2 aliphatic rings. The first-order chi connectivity index (χ1) is 13.3. The van der Waals surface area contributed by atoms with E-state index in [4.69, 9.17) is 14.2 Å². The van der Waals surface area contributed by atoms with Crippen LogP contribution in [0.5, 0.6) is 0 Å². The van der Waals surface area contributed by atoms with Gasteiger partial charge in [-0.05, 0) is 57.3 Å². The molecule has 0 aromatic rings. The molecule has 1 unspecified atom stereocenters. The van der Waals surface area contributed by atoms with E-state index in [1.807, 2.05) is 7.05 Å². The van der Waals surface area contributed by atoms with Crippen molar-refractivity contribution >= 4 is 29.9 Å². The second kappa shape index (κ2) is 16.7. The van der Waals surface area contributed by atoms with Crippen LogP contribution in [0.2, 0.25) is 0 Å². The number of guanidine groups is 1. The molecule has 1 saturated heterocycles. The highest BCUT2D eigenvalue weighted by Crippen LogP contribution is 2.30. The van der Waals surface area contributed by atoms with E-state index in [1.165, 1.54) is 25.7 Å². The van der Waals surface area contributed by atoms with Gasteiger partial charge in [-0.1, -0.05) is 12.8 Å². The Morgan fingerprint density at radius 3 is 2.50 bits per heavy atom. The van der Waals surface area contributed by atoms with Crippen molar-refractivity contribution in [3.63, 3.8) is 0 Å². The van der Waals surface area contributed by atoms with Crippen LogP contribution in [0.3, 0.4) is 0 Å². The van der Waals surface area contributed by atoms with Crippen LogP contribution in [0, 0.1) is 11.8 Å². The van der Waals surface area contributed by atoms with Gasteiger partial charge in [-0.2, -0.15) is 0 Å². The number of ether oxygens (including phenoxy) is 3. The van der Waals surface area contributed by atoms with Crippen molar-refractivity contribution < 1.29 is 14.2 Å². The summed E-state index contributed by atoms with van der Waals surface area (Å²) in [7, 11) is 1.83. The normalized spacial score (nSPS) is 20.0. The summed E-state index contributed by atoms with van der Waals surface area (Å²) in [6, 6.07) is 0. The van der Waals surface area contributed by atoms with Gasteiger partial charge in [0, 0.05) is 53.2 Å². The Hall–Kier alpha value is -0.120. The molecule has 1 aliphatic heterocycles. The highest BCUT2D eigenvalue weighted by molar-refractivity contribution is 14.0. The first-order valence-electron chi connectivity index (χ1n) is 11.0. The average Bonchev–Trinajstić information content (AvgIpc) is 3.24. The van der Waals surface area contributed by atoms with E-state index in [0.29, 0.717) is 12.0 Å². The lowest BCUT2D eigenvalue weighted by Gasteiger charge is -2.24. The predicted octanol–water partition coefficient (Wildman–Crippen LogP) is 3.59. The number of aliphatic imine (C=N–C) groups is 1. The van der Waals surface area contributed by atoms with Gasteiger partial charge in [0.15, 0.2) is 5.96 Å². The molecule has 7 heteroatoms. The Morgan fingerprint density at radius 1 is 1.11 bits per heavy atom. The summed E-state index contributed by atoms with van der Waals surface area (Å²) in [4.78, 5) is 4.32. The monoisotopic (exact) mass is 511 g/mol. The molecule has 0 bridgehead atoms. The zero-order valence-corrected chi connectivity index (χ0v) is 20.2. The summed E-state index contributed by atoms with van der Waals surface area (Å²) in [5, 5.41) is 6.81. The molecule has 0 spiro atoms. The molecule has 1 heterocycles. The first kappa shape index (κ1) is 25.9. The van der Waals surface area contributed by atoms with E-state index in [1.54, 1.807) is 0 Å². The third-order valence-corrected chi connectivity index (χ3v) is 5.70. The standard InChI is InChI=1S/C21H41N3O3.HI/c1-3-27-20(19-7-4-5-8-19)9-13-24-21(22-2)23-12-6-14-26-17-18-10-15-25-16-11-18;/h18-20H,3-17H2,1-2H3,(H2,22,23,24);1H. The zero-order valence-electron chi connectivity index (χ0n) is 17.9. The number of hydrogen-bond acceptors (Lipinski definition) is 4. The van der Waals surface area contributed by atoms with Crippen LogP contribution in [0.1, 0.15) is 58.3 Å².